The van der Waals surface area contributed by atoms with E-state index in [0.717, 1.165) is 18.4 Å². The minimum atomic E-state index is -0.526. The Morgan fingerprint density at radius 3 is 3.00 bits per heavy atom. The smallest absolute Gasteiger partial charge is 0.410 e. The molecule has 26 heavy (non-hydrogen) atoms. The maximum atomic E-state index is 12.8. The highest BCUT2D eigenvalue weighted by molar-refractivity contribution is 5.85. The van der Waals surface area contributed by atoms with Gasteiger partial charge in [-0.25, -0.2) is 4.79 Å². The molecule has 0 aromatic carbocycles. The molecule has 0 spiro atoms. The van der Waals surface area contributed by atoms with Crippen LogP contribution in [0.3, 0.4) is 0 Å². The maximum Gasteiger partial charge on any atom is 0.410 e. The van der Waals surface area contributed by atoms with Crippen molar-refractivity contribution in [3.05, 3.63) is 30.4 Å². The molecule has 2 amide bonds. The molecule has 1 saturated heterocycles. The summed E-state index contributed by atoms with van der Waals surface area (Å²) in [4.78, 5) is 36.0. The summed E-state index contributed by atoms with van der Waals surface area (Å²) in [5.41, 5.74) is 0.737. The first-order chi connectivity index (χ1) is 12.6. The summed E-state index contributed by atoms with van der Waals surface area (Å²) in [6.45, 7) is 0.681. The Morgan fingerprint density at radius 1 is 1.42 bits per heavy atom. The number of hydrogen-bond acceptors (Lipinski definition) is 7. The number of likely N-dealkylation sites (tertiary alicyclic amines) is 1. The predicted molar refractivity (Wildman–Crippen MR) is 90.8 cm³/mol. The molecule has 0 N–H and O–H groups in total. The monoisotopic (exact) mass is 359 g/mol. The van der Waals surface area contributed by atoms with Crippen LogP contribution >= 0.6 is 0 Å². The number of rotatable bonds is 4. The Balaban J connectivity index is 1.67. The van der Waals surface area contributed by atoms with E-state index in [1.807, 2.05) is 6.07 Å². The number of carbonyl (C=O) groups is 2. The van der Waals surface area contributed by atoms with E-state index in [0.29, 0.717) is 24.7 Å². The van der Waals surface area contributed by atoms with Crippen LogP contribution in [0.25, 0.3) is 11.4 Å². The summed E-state index contributed by atoms with van der Waals surface area (Å²) < 4.78 is 10.0. The first-order valence-electron chi connectivity index (χ1n) is 8.42. The van der Waals surface area contributed by atoms with Gasteiger partial charge in [-0.05, 0) is 31.4 Å². The van der Waals surface area contributed by atoms with Crippen molar-refractivity contribution < 1.29 is 18.8 Å². The summed E-state index contributed by atoms with van der Waals surface area (Å²) in [5.74, 6) is 0.569. The Bertz CT molecular complexity index is 764. The second-order valence-corrected chi connectivity index (χ2v) is 6.12. The van der Waals surface area contributed by atoms with Gasteiger partial charge in [0.15, 0.2) is 0 Å². The average molecular weight is 359 g/mol. The van der Waals surface area contributed by atoms with Crippen molar-refractivity contribution in [1.82, 2.24) is 24.9 Å². The molecule has 0 saturated carbocycles. The molecule has 2 aromatic rings. The van der Waals surface area contributed by atoms with Gasteiger partial charge in [-0.2, -0.15) is 4.98 Å². The number of methoxy groups -OCH3 is 1. The molecule has 0 bridgehead atoms. The SMILES string of the molecule is COC(=O)N1CCCC[C@@H]1C(=O)N(C)Cc1nc(-c2cccnc2)no1. The molecule has 0 aliphatic carbocycles. The van der Waals surface area contributed by atoms with Crippen LogP contribution < -0.4 is 0 Å². The van der Waals surface area contributed by atoms with Crippen molar-refractivity contribution in [2.45, 2.75) is 31.8 Å². The molecule has 3 heterocycles. The fourth-order valence-corrected chi connectivity index (χ4v) is 2.99. The highest BCUT2D eigenvalue weighted by atomic mass is 16.5. The lowest BCUT2D eigenvalue weighted by Crippen LogP contribution is -2.52. The largest absolute Gasteiger partial charge is 0.453 e. The van der Waals surface area contributed by atoms with Gasteiger partial charge in [-0.1, -0.05) is 5.16 Å². The Kier molecular flexibility index (Phi) is 5.45. The number of carbonyl (C=O) groups excluding carboxylic acids is 2. The molecule has 1 atom stereocenters. The van der Waals surface area contributed by atoms with E-state index in [-0.39, 0.29) is 12.5 Å². The third-order valence-corrected chi connectivity index (χ3v) is 4.33. The van der Waals surface area contributed by atoms with E-state index in [9.17, 15) is 9.59 Å². The van der Waals surface area contributed by atoms with Gasteiger partial charge in [0, 0.05) is 31.5 Å². The summed E-state index contributed by atoms with van der Waals surface area (Å²) in [6, 6.07) is 3.08. The molecular formula is C17H21N5O4. The normalized spacial score (nSPS) is 17.0. The molecule has 0 unspecified atom stereocenters. The van der Waals surface area contributed by atoms with Crippen LogP contribution in [0.15, 0.2) is 29.0 Å². The molecule has 138 valence electrons. The summed E-state index contributed by atoms with van der Waals surface area (Å²) in [7, 11) is 2.97. The number of likely N-dealkylation sites (N-methyl/N-ethyl adjacent to an activating group) is 1. The van der Waals surface area contributed by atoms with Crippen molar-refractivity contribution in [2.24, 2.45) is 0 Å². The Labute approximate surface area is 150 Å². The highest BCUT2D eigenvalue weighted by Crippen LogP contribution is 2.21. The second-order valence-electron chi connectivity index (χ2n) is 6.12. The fraction of sp³-hybridized carbons (Fsp3) is 0.471. The third-order valence-electron chi connectivity index (χ3n) is 4.33. The van der Waals surface area contributed by atoms with E-state index in [1.165, 1.54) is 16.9 Å². The average Bonchev–Trinajstić information content (AvgIpc) is 3.16. The quantitative estimate of drug-likeness (QED) is 0.819. The number of nitrogens with zero attached hydrogens (tertiary/aromatic N) is 5. The minimum absolute atomic E-state index is 0.164. The molecule has 2 aromatic heterocycles. The number of aromatic nitrogens is 3. The minimum Gasteiger partial charge on any atom is -0.453 e. The zero-order valence-corrected chi connectivity index (χ0v) is 14.8. The number of hydrogen-bond donors (Lipinski definition) is 0. The van der Waals surface area contributed by atoms with Crippen LogP contribution in [0.5, 0.6) is 0 Å². The topological polar surface area (TPSA) is 102 Å². The molecule has 9 nitrogen and oxygen atoms in total. The Hall–Kier alpha value is -2.97. The summed E-state index contributed by atoms with van der Waals surface area (Å²) >= 11 is 0. The van der Waals surface area contributed by atoms with Gasteiger partial charge in [0.05, 0.1) is 13.7 Å². The fourth-order valence-electron chi connectivity index (χ4n) is 2.99. The predicted octanol–water partition coefficient (Wildman–Crippen LogP) is 1.71. The van der Waals surface area contributed by atoms with Crippen molar-refractivity contribution >= 4 is 12.0 Å². The van der Waals surface area contributed by atoms with Gasteiger partial charge in [-0.15, -0.1) is 0 Å². The van der Waals surface area contributed by atoms with Crippen LogP contribution in [0, 0.1) is 0 Å². The summed E-state index contributed by atoms with van der Waals surface area (Å²) in [5, 5.41) is 3.92. The Morgan fingerprint density at radius 2 is 2.27 bits per heavy atom. The first-order valence-corrected chi connectivity index (χ1v) is 8.42. The lowest BCUT2D eigenvalue weighted by atomic mass is 10.0. The number of ether oxygens (including phenoxy) is 1. The van der Waals surface area contributed by atoms with Crippen LogP contribution in [-0.4, -0.2) is 63.7 Å². The number of piperidine rings is 1. The second kappa shape index (κ2) is 7.94. The standard InChI is InChI=1S/C17H21N5O4/c1-21(16(23)13-7-3-4-9-22(13)17(24)25-2)11-14-19-15(20-26-14)12-6-5-8-18-10-12/h5-6,8,10,13H,3-4,7,9,11H2,1-2H3/t13-/m1/s1. The molecule has 1 aliphatic rings. The molecule has 0 radical (unpaired) electrons. The highest BCUT2D eigenvalue weighted by Gasteiger charge is 2.34. The van der Waals surface area contributed by atoms with E-state index in [1.54, 1.807) is 25.5 Å². The van der Waals surface area contributed by atoms with Crippen molar-refractivity contribution in [3.63, 3.8) is 0 Å². The first kappa shape index (κ1) is 17.8. The van der Waals surface area contributed by atoms with Crippen LogP contribution in [-0.2, 0) is 16.1 Å². The van der Waals surface area contributed by atoms with E-state index in [4.69, 9.17) is 9.26 Å². The van der Waals surface area contributed by atoms with Crippen molar-refractivity contribution in [3.8, 4) is 11.4 Å². The van der Waals surface area contributed by atoms with Gasteiger partial charge in [-0.3, -0.25) is 14.7 Å². The van der Waals surface area contributed by atoms with Crippen LogP contribution in [0.1, 0.15) is 25.2 Å². The molecular weight excluding hydrogens is 338 g/mol. The number of pyridine rings is 1. The lowest BCUT2D eigenvalue weighted by molar-refractivity contribution is -0.137. The van der Waals surface area contributed by atoms with E-state index < -0.39 is 12.1 Å². The zero-order chi connectivity index (χ0) is 18.5. The maximum absolute atomic E-state index is 12.8. The molecule has 1 aliphatic heterocycles. The van der Waals surface area contributed by atoms with Gasteiger partial charge in [0.25, 0.3) is 0 Å². The molecule has 1 fully saturated rings. The van der Waals surface area contributed by atoms with Gasteiger partial charge in [0.2, 0.25) is 17.6 Å². The van der Waals surface area contributed by atoms with Crippen LogP contribution in [0.2, 0.25) is 0 Å². The molecule has 3 rings (SSSR count). The zero-order valence-electron chi connectivity index (χ0n) is 14.8. The lowest BCUT2D eigenvalue weighted by Gasteiger charge is -2.35. The van der Waals surface area contributed by atoms with Gasteiger partial charge < -0.3 is 14.2 Å². The van der Waals surface area contributed by atoms with E-state index in [2.05, 4.69) is 15.1 Å². The van der Waals surface area contributed by atoms with E-state index >= 15 is 0 Å². The summed E-state index contributed by atoms with van der Waals surface area (Å²) in [6.07, 6.45) is 5.19. The number of amides is 2. The van der Waals surface area contributed by atoms with Crippen molar-refractivity contribution in [1.29, 1.82) is 0 Å². The van der Waals surface area contributed by atoms with Gasteiger partial charge >= 0.3 is 6.09 Å². The third kappa shape index (κ3) is 3.81. The van der Waals surface area contributed by atoms with Crippen molar-refractivity contribution in [2.75, 3.05) is 20.7 Å². The van der Waals surface area contributed by atoms with Gasteiger partial charge in [0.1, 0.15) is 6.04 Å². The van der Waals surface area contributed by atoms with Crippen LogP contribution in [0.4, 0.5) is 4.79 Å². The molecule has 9 heteroatoms.